The van der Waals surface area contributed by atoms with Gasteiger partial charge in [0.05, 0.1) is 13.1 Å². The molecule has 6 nitrogen and oxygen atoms in total. The molecule has 9 heteroatoms. The van der Waals surface area contributed by atoms with Gasteiger partial charge in [-0.2, -0.15) is 0 Å². The first-order valence-corrected chi connectivity index (χ1v) is 8.74. The predicted octanol–water partition coefficient (Wildman–Crippen LogP) is 3.53. The van der Waals surface area contributed by atoms with Gasteiger partial charge in [-0.15, -0.1) is 5.10 Å². The van der Waals surface area contributed by atoms with Crippen LogP contribution in [0.15, 0.2) is 53.6 Å². The van der Waals surface area contributed by atoms with Gasteiger partial charge in [-0.3, -0.25) is 9.36 Å². The van der Waals surface area contributed by atoms with E-state index in [-0.39, 0.29) is 22.6 Å². The average molecular weight is 404 g/mol. The maximum absolute atomic E-state index is 14.0. The van der Waals surface area contributed by atoms with Crippen molar-refractivity contribution in [1.29, 1.82) is 0 Å². The van der Waals surface area contributed by atoms with Crippen LogP contribution in [-0.4, -0.2) is 24.5 Å². The predicted molar refractivity (Wildman–Crippen MR) is 101 cm³/mol. The van der Waals surface area contributed by atoms with Gasteiger partial charge in [0.25, 0.3) is 5.56 Å². The lowest BCUT2D eigenvalue weighted by Gasteiger charge is -2.08. The van der Waals surface area contributed by atoms with Gasteiger partial charge in [0, 0.05) is 15.6 Å². The Balaban J connectivity index is 1.69. The first-order valence-electron chi connectivity index (χ1n) is 7.99. The van der Waals surface area contributed by atoms with Crippen LogP contribution >= 0.6 is 23.2 Å². The zero-order valence-corrected chi connectivity index (χ0v) is 15.3. The molecule has 0 atom stereocenters. The SMILES string of the molecule is O=c1c2nnn(Cc3ccc(Cl)cc3)c2ncn1Cc1c(F)cccc1Cl. The van der Waals surface area contributed by atoms with Crippen molar-refractivity contribution in [3.63, 3.8) is 0 Å². The molecule has 0 saturated carbocycles. The van der Waals surface area contributed by atoms with Crippen LogP contribution in [0.25, 0.3) is 11.2 Å². The Bertz CT molecular complexity index is 1170. The summed E-state index contributed by atoms with van der Waals surface area (Å²) in [5.41, 5.74) is 1.21. The molecule has 0 aliphatic heterocycles. The number of hydrogen-bond donors (Lipinski definition) is 0. The van der Waals surface area contributed by atoms with Gasteiger partial charge < -0.3 is 0 Å². The number of nitrogens with zero attached hydrogens (tertiary/aromatic N) is 5. The second kappa shape index (κ2) is 7.09. The Morgan fingerprint density at radius 2 is 1.81 bits per heavy atom. The lowest BCUT2D eigenvalue weighted by Crippen LogP contribution is -2.22. The largest absolute Gasteiger partial charge is 0.293 e. The second-order valence-electron chi connectivity index (χ2n) is 5.92. The van der Waals surface area contributed by atoms with Crippen molar-refractivity contribution < 1.29 is 4.39 Å². The number of benzene rings is 2. The van der Waals surface area contributed by atoms with Crippen LogP contribution in [0.1, 0.15) is 11.1 Å². The van der Waals surface area contributed by atoms with E-state index >= 15 is 0 Å². The molecule has 4 aromatic rings. The minimum Gasteiger partial charge on any atom is -0.293 e. The van der Waals surface area contributed by atoms with Gasteiger partial charge >= 0.3 is 0 Å². The molecule has 0 spiro atoms. The first-order chi connectivity index (χ1) is 13.0. The van der Waals surface area contributed by atoms with Crippen molar-refractivity contribution in [2.75, 3.05) is 0 Å². The molecule has 0 N–H and O–H groups in total. The van der Waals surface area contributed by atoms with Crippen LogP contribution in [-0.2, 0) is 13.1 Å². The number of halogens is 3. The van der Waals surface area contributed by atoms with Gasteiger partial charge in [0.15, 0.2) is 11.2 Å². The maximum Gasteiger partial charge on any atom is 0.283 e. The molecule has 0 aliphatic carbocycles. The fraction of sp³-hybridized carbons (Fsp3) is 0.111. The van der Waals surface area contributed by atoms with E-state index in [4.69, 9.17) is 23.2 Å². The number of hydrogen-bond acceptors (Lipinski definition) is 4. The van der Waals surface area contributed by atoms with E-state index in [1.54, 1.807) is 18.2 Å². The summed E-state index contributed by atoms with van der Waals surface area (Å²) in [7, 11) is 0. The summed E-state index contributed by atoms with van der Waals surface area (Å²) >= 11 is 11.9. The third-order valence-electron chi connectivity index (χ3n) is 4.13. The van der Waals surface area contributed by atoms with Gasteiger partial charge in [-0.05, 0) is 29.8 Å². The topological polar surface area (TPSA) is 65.6 Å². The second-order valence-corrected chi connectivity index (χ2v) is 6.77. The Hall–Kier alpha value is -2.77. The molecule has 0 fully saturated rings. The molecule has 136 valence electrons. The molecule has 0 saturated heterocycles. The van der Waals surface area contributed by atoms with Crippen LogP contribution in [0.3, 0.4) is 0 Å². The van der Waals surface area contributed by atoms with Crippen LogP contribution in [0.4, 0.5) is 4.39 Å². The van der Waals surface area contributed by atoms with E-state index < -0.39 is 11.4 Å². The van der Waals surface area contributed by atoms with Crippen molar-refractivity contribution in [2.45, 2.75) is 13.1 Å². The molecule has 0 bridgehead atoms. The third kappa shape index (κ3) is 3.43. The van der Waals surface area contributed by atoms with Crippen molar-refractivity contribution in [1.82, 2.24) is 24.5 Å². The van der Waals surface area contributed by atoms with E-state index in [0.29, 0.717) is 17.2 Å². The molecular weight excluding hydrogens is 392 g/mol. The quantitative estimate of drug-likeness (QED) is 0.522. The fourth-order valence-electron chi connectivity index (χ4n) is 2.72. The Labute approximate surface area is 162 Å². The highest BCUT2D eigenvalue weighted by molar-refractivity contribution is 6.31. The standard InChI is InChI=1S/C18H12Cl2FN5O/c19-12-6-4-11(5-7-12)8-26-17-16(23-24-26)18(27)25(10-22-17)9-13-14(20)2-1-3-15(13)21/h1-7,10H,8-9H2. The van der Waals surface area contributed by atoms with Crippen LogP contribution in [0.5, 0.6) is 0 Å². The Kier molecular flexibility index (Phi) is 4.63. The molecule has 0 aliphatic rings. The van der Waals surface area contributed by atoms with Gasteiger partial charge in [0.1, 0.15) is 12.1 Å². The Morgan fingerprint density at radius 3 is 2.56 bits per heavy atom. The molecule has 0 amide bonds. The Morgan fingerprint density at radius 1 is 1.04 bits per heavy atom. The van der Waals surface area contributed by atoms with E-state index in [1.807, 2.05) is 12.1 Å². The lowest BCUT2D eigenvalue weighted by molar-refractivity contribution is 0.595. The van der Waals surface area contributed by atoms with E-state index in [1.165, 1.54) is 27.7 Å². The summed E-state index contributed by atoms with van der Waals surface area (Å²) in [5.74, 6) is -0.485. The normalized spacial score (nSPS) is 11.2. The summed E-state index contributed by atoms with van der Waals surface area (Å²) in [5, 5.41) is 8.84. The van der Waals surface area contributed by atoms with E-state index in [2.05, 4.69) is 15.3 Å². The summed E-state index contributed by atoms with van der Waals surface area (Å²) < 4.78 is 16.8. The molecule has 27 heavy (non-hydrogen) atoms. The average Bonchev–Trinajstić information content (AvgIpc) is 3.05. The molecule has 2 aromatic carbocycles. The van der Waals surface area contributed by atoms with Crippen molar-refractivity contribution in [2.24, 2.45) is 0 Å². The number of fused-ring (bicyclic) bond motifs is 1. The van der Waals surface area contributed by atoms with Crippen LogP contribution in [0, 0.1) is 5.82 Å². The third-order valence-corrected chi connectivity index (χ3v) is 4.73. The van der Waals surface area contributed by atoms with Gasteiger partial charge in [0.2, 0.25) is 0 Å². The van der Waals surface area contributed by atoms with Crippen molar-refractivity contribution in [3.8, 4) is 0 Å². The lowest BCUT2D eigenvalue weighted by atomic mass is 10.2. The summed E-state index contributed by atoms with van der Waals surface area (Å²) in [6, 6.07) is 11.6. The highest BCUT2D eigenvalue weighted by Gasteiger charge is 2.15. The molecule has 2 heterocycles. The van der Waals surface area contributed by atoms with Crippen LogP contribution < -0.4 is 5.56 Å². The zero-order valence-electron chi connectivity index (χ0n) is 13.8. The summed E-state index contributed by atoms with van der Waals surface area (Å²) in [6.07, 6.45) is 1.34. The molecule has 2 aromatic heterocycles. The monoisotopic (exact) mass is 403 g/mol. The maximum atomic E-state index is 14.0. The highest BCUT2D eigenvalue weighted by Crippen LogP contribution is 2.19. The van der Waals surface area contributed by atoms with Gasteiger partial charge in [-0.25, -0.2) is 14.1 Å². The van der Waals surface area contributed by atoms with E-state index in [0.717, 1.165) is 5.56 Å². The smallest absolute Gasteiger partial charge is 0.283 e. The zero-order chi connectivity index (χ0) is 19.0. The molecule has 4 rings (SSSR count). The highest BCUT2D eigenvalue weighted by atomic mass is 35.5. The molecule has 0 radical (unpaired) electrons. The van der Waals surface area contributed by atoms with E-state index in [9.17, 15) is 9.18 Å². The van der Waals surface area contributed by atoms with Crippen LogP contribution in [0.2, 0.25) is 10.0 Å². The first kappa shape index (κ1) is 17.6. The number of aromatic nitrogens is 5. The minimum atomic E-state index is -0.485. The summed E-state index contributed by atoms with van der Waals surface area (Å²) in [6.45, 7) is 0.348. The number of rotatable bonds is 4. The fourth-order valence-corrected chi connectivity index (χ4v) is 3.07. The molecular formula is C18H12Cl2FN5O. The molecule has 0 unspecified atom stereocenters. The van der Waals surface area contributed by atoms with Gasteiger partial charge in [-0.1, -0.05) is 46.6 Å². The summed E-state index contributed by atoms with van der Waals surface area (Å²) in [4.78, 5) is 17.0. The van der Waals surface area contributed by atoms with Crippen molar-refractivity contribution >= 4 is 34.4 Å². The van der Waals surface area contributed by atoms with Crippen molar-refractivity contribution in [3.05, 3.63) is 86.1 Å². The minimum absolute atomic E-state index is 0.0443.